The van der Waals surface area contributed by atoms with Crippen LogP contribution in [0.15, 0.2) is 52.4 Å². The number of rotatable bonds is 4. The molecule has 0 aliphatic carbocycles. The summed E-state index contributed by atoms with van der Waals surface area (Å²) in [5.74, 6) is -0.929. The number of carbonyl (C=O) groups excluding carboxylic acids is 1. The lowest BCUT2D eigenvalue weighted by atomic mass is 10.0. The lowest BCUT2D eigenvalue weighted by Crippen LogP contribution is -2.34. The molecule has 0 bridgehead atoms. The molecule has 6 nitrogen and oxygen atoms in total. The van der Waals surface area contributed by atoms with Crippen LogP contribution in [0.2, 0.25) is 0 Å². The molecule has 0 aromatic heterocycles. The smallest absolute Gasteiger partial charge is 0.263 e. The Morgan fingerprint density at radius 1 is 1.19 bits per heavy atom. The molecule has 27 heavy (non-hydrogen) atoms. The summed E-state index contributed by atoms with van der Waals surface area (Å²) in [6.07, 6.45) is 0. The number of nitrogens with one attached hydrogen (secondary N) is 2. The molecule has 0 fully saturated rings. The summed E-state index contributed by atoms with van der Waals surface area (Å²) >= 11 is 0. The quantitative estimate of drug-likeness (QED) is 0.843. The Morgan fingerprint density at radius 3 is 2.56 bits per heavy atom. The largest absolute Gasteiger partial charge is 0.324 e. The van der Waals surface area contributed by atoms with Crippen molar-refractivity contribution in [2.24, 2.45) is 10.9 Å². The van der Waals surface area contributed by atoms with Gasteiger partial charge in [0.1, 0.15) is 17.7 Å². The minimum atomic E-state index is -3.68. The number of amides is 1. The van der Waals surface area contributed by atoms with Gasteiger partial charge in [0, 0.05) is 11.3 Å². The average Bonchev–Trinajstić information content (AvgIpc) is 2.86. The number of sulfonamides is 1. The van der Waals surface area contributed by atoms with Crippen LogP contribution in [0, 0.1) is 18.7 Å². The predicted molar refractivity (Wildman–Crippen MR) is 102 cm³/mol. The highest BCUT2D eigenvalue weighted by Crippen LogP contribution is 2.24. The highest BCUT2D eigenvalue weighted by Gasteiger charge is 2.32. The number of amidine groups is 1. The molecule has 2 N–H and O–H groups in total. The van der Waals surface area contributed by atoms with Gasteiger partial charge < -0.3 is 5.32 Å². The third kappa shape index (κ3) is 3.85. The van der Waals surface area contributed by atoms with Gasteiger partial charge in [0.25, 0.3) is 10.0 Å². The summed E-state index contributed by atoms with van der Waals surface area (Å²) in [5.41, 5.74) is 1.23. The van der Waals surface area contributed by atoms with E-state index in [1.54, 1.807) is 51.1 Å². The van der Waals surface area contributed by atoms with Gasteiger partial charge in [-0.1, -0.05) is 32.0 Å². The van der Waals surface area contributed by atoms with E-state index in [-0.39, 0.29) is 16.6 Å². The van der Waals surface area contributed by atoms with Gasteiger partial charge in [0.05, 0.1) is 4.90 Å². The fourth-order valence-corrected chi connectivity index (χ4v) is 4.01. The second-order valence-electron chi connectivity index (χ2n) is 6.72. The van der Waals surface area contributed by atoms with E-state index in [1.165, 1.54) is 12.1 Å². The number of hydrogen-bond acceptors (Lipinski definition) is 4. The highest BCUT2D eigenvalue weighted by molar-refractivity contribution is 7.90. The van der Waals surface area contributed by atoms with Crippen LogP contribution in [-0.2, 0) is 14.8 Å². The Hall–Kier alpha value is -2.74. The third-order valence-electron chi connectivity index (χ3n) is 4.27. The number of fused-ring (bicyclic) bond motifs is 1. The zero-order valence-electron chi connectivity index (χ0n) is 15.2. The third-order valence-corrected chi connectivity index (χ3v) is 5.67. The van der Waals surface area contributed by atoms with Gasteiger partial charge in [-0.25, -0.2) is 12.8 Å². The minimum Gasteiger partial charge on any atom is -0.324 e. The van der Waals surface area contributed by atoms with Crippen molar-refractivity contribution in [1.29, 1.82) is 0 Å². The molecule has 2 aromatic rings. The number of halogens is 1. The molecule has 1 amide bonds. The molecule has 0 radical (unpaired) electrons. The van der Waals surface area contributed by atoms with Crippen LogP contribution < -0.4 is 10.0 Å². The van der Waals surface area contributed by atoms with Crippen LogP contribution >= 0.6 is 0 Å². The van der Waals surface area contributed by atoms with Crippen molar-refractivity contribution in [3.8, 4) is 0 Å². The van der Waals surface area contributed by atoms with Crippen molar-refractivity contribution < 1.29 is 17.6 Å². The topological polar surface area (TPSA) is 87.6 Å². The standard InChI is InChI=1S/C19H20FN3O3S/c1-11(2)17(19(24)21-13-9-8-12(3)15(20)10-13)22-18-14-6-4-5-7-16(14)27(25,26)23-18/h4-11,17H,1-3H3,(H,21,24)(H,22,23). The first-order valence-electron chi connectivity index (χ1n) is 8.46. The molecule has 1 atom stereocenters. The maximum Gasteiger partial charge on any atom is 0.263 e. The Labute approximate surface area is 157 Å². The summed E-state index contributed by atoms with van der Waals surface area (Å²) in [4.78, 5) is 17.2. The van der Waals surface area contributed by atoms with Crippen molar-refractivity contribution in [1.82, 2.24) is 4.72 Å². The van der Waals surface area contributed by atoms with Crippen LogP contribution in [0.4, 0.5) is 10.1 Å². The van der Waals surface area contributed by atoms with Crippen molar-refractivity contribution in [2.75, 3.05) is 5.32 Å². The molecule has 2 aromatic carbocycles. The highest BCUT2D eigenvalue weighted by atomic mass is 32.2. The molecule has 1 aliphatic rings. The number of aryl methyl sites for hydroxylation is 1. The molecule has 0 saturated heterocycles. The van der Waals surface area contributed by atoms with E-state index in [2.05, 4.69) is 15.0 Å². The maximum atomic E-state index is 13.7. The van der Waals surface area contributed by atoms with Crippen molar-refractivity contribution in [3.05, 3.63) is 59.4 Å². The van der Waals surface area contributed by atoms with Crippen molar-refractivity contribution >= 4 is 27.5 Å². The molecule has 8 heteroatoms. The second kappa shape index (κ2) is 7.11. The summed E-state index contributed by atoms with van der Waals surface area (Å²) in [7, 11) is -3.68. The Kier molecular flexibility index (Phi) is 5.01. The van der Waals surface area contributed by atoms with Gasteiger partial charge in [-0.15, -0.1) is 0 Å². The van der Waals surface area contributed by atoms with Gasteiger partial charge in [0.15, 0.2) is 0 Å². The van der Waals surface area contributed by atoms with Crippen LogP contribution in [-0.4, -0.2) is 26.2 Å². The van der Waals surface area contributed by atoms with Crippen molar-refractivity contribution in [2.45, 2.75) is 31.7 Å². The molecule has 1 aliphatic heterocycles. The molecule has 3 rings (SSSR count). The first kappa shape index (κ1) is 19.0. The number of aliphatic imine (C=N–C) groups is 1. The zero-order valence-corrected chi connectivity index (χ0v) is 16.0. The van der Waals surface area contributed by atoms with E-state index in [4.69, 9.17) is 0 Å². The number of anilines is 1. The second-order valence-corrected chi connectivity index (χ2v) is 8.37. The predicted octanol–water partition coefficient (Wildman–Crippen LogP) is 2.84. The number of benzene rings is 2. The molecule has 0 spiro atoms. The lowest BCUT2D eigenvalue weighted by Gasteiger charge is -2.17. The number of carbonyl (C=O) groups is 1. The SMILES string of the molecule is Cc1ccc(NC(=O)C(N=C2NS(=O)(=O)c3ccccc32)C(C)C)cc1F. The number of nitrogens with zero attached hydrogens (tertiary/aromatic N) is 1. The lowest BCUT2D eigenvalue weighted by molar-refractivity contribution is -0.118. The summed E-state index contributed by atoms with van der Waals surface area (Å²) in [5, 5.41) is 2.65. The Balaban J connectivity index is 1.91. The molecule has 1 unspecified atom stereocenters. The Morgan fingerprint density at radius 2 is 1.89 bits per heavy atom. The number of hydrogen-bond donors (Lipinski definition) is 2. The fraction of sp³-hybridized carbons (Fsp3) is 0.263. The van der Waals surface area contributed by atoms with Crippen LogP contribution in [0.3, 0.4) is 0 Å². The van der Waals surface area contributed by atoms with E-state index in [1.807, 2.05) is 0 Å². The van der Waals surface area contributed by atoms with Crippen LogP contribution in [0.5, 0.6) is 0 Å². The van der Waals surface area contributed by atoms with E-state index in [0.29, 0.717) is 16.8 Å². The first-order valence-corrected chi connectivity index (χ1v) is 9.94. The van der Waals surface area contributed by atoms with E-state index in [9.17, 15) is 17.6 Å². The summed E-state index contributed by atoms with van der Waals surface area (Å²) < 4.78 is 40.5. The Bertz CT molecular complexity index is 1030. The van der Waals surface area contributed by atoms with Crippen LogP contribution in [0.25, 0.3) is 0 Å². The van der Waals surface area contributed by atoms with E-state index < -0.39 is 27.8 Å². The van der Waals surface area contributed by atoms with Gasteiger partial charge in [0.2, 0.25) is 5.91 Å². The maximum absolute atomic E-state index is 13.7. The van der Waals surface area contributed by atoms with Gasteiger partial charge in [-0.05, 0) is 42.7 Å². The fourth-order valence-electron chi connectivity index (χ4n) is 2.77. The van der Waals surface area contributed by atoms with Crippen LogP contribution in [0.1, 0.15) is 25.0 Å². The van der Waals surface area contributed by atoms with Gasteiger partial charge >= 0.3 is 0 Å². The minimum absolute atomic E-state index is 0.132. The summed E-state index contributed by atoms with van der Waals surface area (Å²) in [6, 6.07) is 10.0. The average molecular weight is 389 g/mol. The van der Waals surface area contributed by atoms with Gasteiger partial charge in [-0.3, -0.25) is 14.5 Å². The monoisotopic (exact) mass is 389 g/mol. The molecule has 1 heterocycles. The van der Waals surface area contributed by atoms with Gasteiger partial charge in [-0.2, -0.15) is 0 Å². The normalized spacial score (nSPS) is 17.4. The molecular formula is C19H20FN3O3S. The van der Waals surface area contributed by atoms with E-state index in [0.717, 1.165) is 0 Å². The van der Waals surface area contributed by atoms with E-state index >= 15 is 0 Å². The zero-order chi connectivity index (χ0) is 19.8. The molecule has 142 valence electrons. The molecule has 0 saturated carbocycles. The van der Waals surface area contributed by atoms with Crippen molar-refractivity contribution in [3.63, 3.8) is 0 Å². The first-order chi connectivity index (χ1) is 12.7. The molecular weight excluding hydrogens is 369 g/mol. The summed E-state index contributed by atoms with van der Waals surface area (Å²) in [6.45, 7) is 5.24.